The van der Waals surface area contributed by atoms with Gasteiger partial charge in [0.25, 0.3) is 0 Å². The first-order valence-electron chi connectivity index (χ1n) is 5.63. The summed E-state index contributed by atoms with van der Waals surface area (Å²) in [5.41, 5.74) is 0. The lowest BCUT2D eigenvalue weighted by Gasteiger charge is -2.20. The number of rotatable bonds is 3. The lowest BCUT2D eigenvalue weighted by molar-refractivity contribution is -0.128. The highest BCUT2D eigenvalue weighted by Gasteiger charge is 2.17. The molecule has 1 saturated heterocycles. The van der Waals surface area contributed by atoms with Crippen LogP contribution in [-0.2, 0) is 9.59 Å². The van der Waals surface area contributed by atoms with Crippen LogP contribution in [0.25, 0.3) is 0 Å². The molecule has 0 unspecified atom stereocenters. The second-order valence-corrected chi connectivity index (χ2v) is 4.03. The van der Waals surface area contributed by atoms with Crippen molar-refractivity contribution in [3.05, 3.63) is 0 Å². The first kappa shape index (κ1) is 12.2. The van der Waals surface area contributed by atoms with Crippen molar-refractivity contribution in [2.75, 3.05) is 32.7 Å². The first-order chi connectivity index (χ1) is 7.13. The van der Waals surface area contributed by atoms with Crippen molar-refractivity contribution in [1.82, 2.24) is 9.80 Å². The summed E-state index contributed by atoms with van der Waals surface area (Å²) in [6.07, 6.45) is 1.57. The molecule has 1 aliphatic rings. The minimum atomic E-state index is 0.138. The Labute approximate surface area is 91.2 Å². The minimum absolute atomic E-state index is 0.138. The van der Waals surface area contributed by atoms with Gasteiger partial charge in [-0.15, -0.1) is 0 Å². The van der Waals surface area contributed by atoms with Gasteiger partial charge in [-0.3, -0.25) is 14.5 Å². The number of carbonyl (C=O) groups excluding carboxylic acids is 2. The van der Waals surface area contributed by atoms with Gasteiger partial charge in [0.2, 0.25) is 5.91 Å². The Balaban J connectivity index is 2.39. The van der Waals surface area contributed by atoms with E-state index in [0.29, 0.717) is 13.0 Å². The van der Waals surface area contributed by atoms with Gasteiger partial charge in [0.05, 0.1) is 6.54 Å². The van der Waals surface area contributed by atoms with Crippen molar-refractivity contribution < 1.29 is 9.59 Å². The molecular weight excluding hydrogens is 192 g/mol. The summed E-state index contributed by atoms with van der Waals surface area (Å²) in [5.74, 6) is 0.421. The number of amides is 1. The normalized spacial score (nSPS) is 18.7. The summed E-state index contributed by atoms with van der Waals surface area (Å²) in [5, 5.41) is 0. The zero-order valence-corrected chi connectivity index (χ0v) is 9.66. The lowest BCUT2D eigenvalue weighted by atomic mass is 10.3. The average molecular weight is 212 g/mol. The Morgan fingerprint density at radius 2 is 1.87 bits per heavy atom. The highest BCUT2D eigenvalue weighted by molar-refractivity contribution is 5.80. The summed E-state index contributed by atoms with van der Waals surface area (Å²) in [6.45, 7) is 7.37. The predicted octanol–water partition coefficient (Wildman–Crippen LogP) is 0.520. The number of nitrogens with zero attached hydrogens (tertiary/aromatic N) is 2. The monoisotopic (exact) mass is 212 g/mol. The van der Waals surface area contributed by atoms with E-state index in [-0.39, 0.29) is 11.7 Å². The standard InChI is InChI=1S/C11H20N2O2/c1-3-11(15)9-12-5-4-6-13(8-7-12)10(2)14/h3-9H2,1-2H3. The molecule has 4 nitrogen and oxygen atoms in total. The maximum absolute atomic E-state index is 11.3. The molecule has 0 radical (unpaired) electrons. The fraction of sp³-hybridized carbons (Fsp3) is 0.818. The number of Topliss-reactive ketones (excluding diaryl/α,β-unsaturated/α-hetero) is 1. The van der Waals surface area contributed by atoms with E-state index in [1.165, 1.54) is 0 Å². The molecule has 0 spiro atoms. The van der Waals surface area contributed by atoms with Crippen LogP contribution in [-0.4, -0.2) is 54.2 Å². The molecule has 1 aliphatic heterocycles. The summed E-state index contributed by atoms with van der Waals surface area (Å²) in [4.78, 5) is 26.5. The van der Waals surface area contributed by atoms with Crippen LogP contribution in [0, 0.1) is 0 Å². The van der Waals surface area contributed by atoms with Gasteiger partial charge in [0, 0.05) is 39.5 Å². The van der Waals surface area contributed by atoms with Crippen LogP contribution >= 0.6 is 0 Å². The third-order valence-corrected chi connectivity index (χ3v) is 2.83. The molecular formula is C11H20N2O2. The largest absolute Gasteiger partial charge is 0.342 e. The van der Waals surface area contributed by atoms with Crippen LogP contribution in [0.15, 0.2) is 0 Å². The summed E-state index contributed by atoms with van der Waals surface area (Å²) < 4.78 is 0. The molecule has 0 bridgehead atoms. The van der Waals surface area contributed by atoms with E-state index < -0.39 is 0 Å². The molecule has 0 atom stereocenters. The molecule has 4 heteroatoms. The van der Waals surface area contributed by atoms with Gasteiger partial charge in [-0.1, -0.05) is 6.92 Å². The van der Waals surface area contributed by atoms with E-state index in [4.69, 9.17) is 0 Å². The maximum Gasteiger partial charge on any atom is 0.219 e. The Morgan fingerprint density at radius 3 is 2.47 bits per heavy atom. The fourth-order valence-electron chi connectivity index (χ4n) is 1.81. The highest BCUT2D eigenvalue weighted by Crippen LogP contribution is 2.03. The van der Waals surface area contributed by atoms with Gasteiger partial charge in [-0.2, -0.15) is 0 Å². The number of carbonyl (C=O) groups is 2. The number of hydrogen-bond acceptors (Lipinski definition) is 3. The van der Waals surface area contributed by atoms with E-state index in [2.05, 4.69) is 4.90 Å². The highest BCUT2D eigenvalue weighted by atomic mass is 16.2. The predicted molar refractivity (Wildman–Crippen MR) is 58.6 cm³/mol. The molecule has 1 amide bonds. The minimum Gasteiger partial charge on any atom is -0.342 e. The Kier molecular flexibility index (Phi) is 4.75. The SMILES string of the molecule is CCC(=O)CN1CCCN(C(C)=O)CC1. The maximum atomic E-state index is 11.3. The van der Waals surface area contributed by atoms with E-state index in [1.54, 1.807) is 6.92 Å². The molecule has 0 aromatic rings. The van der Waals surface area contributed by atoms with Crippen LogP contribution in [0.1, 0.15) is 26.7 Å². The summed E-state index contributed by atoms with van der Waals surface area (Å²) >= 11 is 0. The molecule has 1 fully saturated rings. The van der Waals surface area contributed by atoms with Crippen LogP contribution in [0.3, 0.4) is 0 Å². The van der Waals surface area contributed by atoms with Gasteiger partial charge >= 0.3 is 0 Å². The molecule has 0 N–H and O–H groups in total. The number of ketones is 1. The quantitative estimate of drug-likeness (QED) is 0.685. The van der Waals surface area contributed by atoms with Gasteiger partial charge in [0.1, 0.15) is 5.78 Å². The van der Waals surface area contributed by atoms with Gasteiger partial charge in [0.15, 0.2) is 0 Å². The van der Waals surface area contributed by atoms with Crippen LogP contribution in [0.5, 0.6) is 0 Å². The van der Waals surface area contributed by atoms with Gasteiger partial charge < -0.3 is 4.90 Å². The summed E-state index contributed by atoms with van der Waals surface area (Å²) in [6, 6.07) is 0. The molecule has 0 aromatic heterocycles. The smallest absolute Gasteiger partial charge is 0.219 e. The van der Waals surface area contributed by atoms with E-state index in [0.717, 1.165) is 32.6 Å². The molecule has 0 aliphatic carbocycles. The fourth-order valence-corrected chi connectivity index (χ4v) is 1.81. The van der Waals surface area contributed by atoms with Crippen molar-refractivity contribution in [1.29, 1.82) is 0 Å². The van der Waals surface area contributed by atoms with Crippen molar-refractivity contribution in [3.63, 3.8) is 0 Å². The van der Waals surface area contributed by atoms with Crippen molar-refractivity contribution in [2.45, 2.75) is 26.7 Å². The van der Waals surface area contributed by atoms with Crippen molar-refractivity contribution >= 4 is 11.7 Å². The first-order valence-corrected chi connectivity index (χ1v) is 5.63. The third-order valence-electron chi connectivity index (χ3n) is 2.83. The lowest BCUT2D eigenvalue weighted by Crippen LogP contribution is -2.35. The zero-order valence-electron chi connectivity index (χ0n) is 9.66. The van der Waals surface area contributed by atoms with E-state index >= 15 is 0 Å². The van der Waals surface area contributed by atoms with Crippen LogP contribution < -0.4 is 0 Å². The Morgan fingerprint density at radius 1 is 1.13 bits per heavy atom. The van der Waals surface area contributed by atoms with Crippen LogP contribution in [0.2, 0.25) is 0 Å². The number of hydrogen-bond donors (Lipinski definition) is 0. The summed E-state index contributed by atoms with van der Waals surface area (Å²) in [7, 11) is 0. The van der Waals surface area contributed by atoms with Crippen molar-refractivity contribution in [2.24, 2.45) is 0 Å². The van der Waals surface area contributed by atoms with Gasteiger partial charge in [-0.05, 0) is 6.42 Å². The van der Waals surface area contributed by atoms with E-state index in [9.17, 15) is 9.59 Å². The molecule has 1 rings (SSSR count). The third kappa shape index (κ3) is 4.00. The molecule has 15 heavy (non-hydrogen) atoms. The topological polar surface area (TPSA) is 40.6 Å². The van der Waals surface area contributed by atoms with E-state index in [1.807, 2.05) is 11.8 Å². The average Bonchev–Trinajstić information content (AvgIpc) is 2.43. The molecule has 0 saturated carbocycles. The molecule has 1 heterocycles. The van der Waals surface area contributed by atoms with Crippen LogP contribution in [0.4, 0.5) is 0 Å². The Bertz CT molecular complexity index is 241. The second-order valence-electron chi connectivity index (χ2n) is 4.03. The second kappa shape index (κ2) is 5.85. The Hall–Kier alpha value is -0.900. The van der Waals surface area contributed by atoms with Crippen molar-refractivity contribution in [3.8, 4) is 0 Å². The molecule has 86 valence electrons. The zero-order chi connectivity index (χ0) is 11.3. The van der Waals surface area contributed by atoms with Gasteiger partial charge in [-0.25, -0.2) is 0 Å². The molecule has 0 aromatic carbocycles.